The summed E-state index contributed by atoms with van der Waals surface area (Å²) in [6.07, 6.45) is 2.69. The van der Waals surface area contributed by atoms with E-state index in [4.69, 9.17) is 10.5 Å². The molecule has 0 bridgehead atoms. The van der Waals surface area contributed by atoms with Gasteiger partial charge in [-0.25, -0.2) is 4.68 Å². The first kappa shape index (κ1) is 16.7. The number of aromatic nitrogens is 2. The highest BCUT2D eigenvalue weighted by Gasteiger charge is 2.13. The summed E-state index contributed by atoms with van der Waals surface area (Å²) < 4.78 is 6.45. The van der Waals surface area contributed by atoms with Crippen molar-refractivity contribution < 1.29 is 4.74 Å². The average molecular weight is 282 g/mol. The molecule has 0 saturated carbocycles. The predicted molar refractivity (Wildman–Crippen MR) is 81.1 cm³/mol. The van der Waals surface area contributed by atoms with Crippen LogP contribution in [-0.2, 0) is 11.3 Å². The Hall–Kier alpha value is -1.40. The monoisotopic (exact) mass is 282 g/mol. The van der Waals surface area contributed by atoms with Crippen molar-refractivity contribution in [3.63, 3.8) is 0 Å². The third-order valence-corrected chi connectivity index (χ3v) is 3.69. The molecule has 6 nitrogen and oxygen atoms in total. The van der Waals surface area contributed by atoms with E-state index in [2.05, 4.69) is 18.9 Å². The molecule has 0 aromatic carbocycles. The highest BCUT2D eigenvalue weighted by Crippen LogP contribution is 2.08. The number of methoxy groups -OCH3 is 1. The van der Waals surface area contributed by atoms with Crippen LogP contribution in [0.15, 0.2) is 17.1 Å². The molecule has 1 aromatic heterocycles. The van der Waals surface area contributed by atoms with Crippen LogP contribution < -0.4 is 16.2 Å². The first-order valence-electron chi connectivity index (χ1n) is 7.02. The maximum absolute atomic E-state index is 12.1. The van der Waals surface area contributed by atoms with Crippen molar-refractivity contribution in [2.24, 2.45) is 11.7 Å². The standard InChI is InChI=1S/C14H26N4O2/c1-5-11(2)13(15)10-18-14(19)8-12(9-16-18)17(3)6-7-20-4/h8-9,11,13H,5-7,10,15H2,1-4H3. The highest BCUT2D eigenvalue weighted by atomic mass is 16.5. The summed E-state index contributed by atoms with van der Waals surface area (Å²) in [6.45, 7) is 5.96. The SMILES string of the molecule is CCC(C)C(N)Cn1ncc(N(C)CCOC)cc1=O. The summed E-state index contributed by atoms with van der Waals surface area (Å²) in [4.78, 5) is 14.0. The summed E-state index contributed by atoms with van der Waals surface area (Å²) in [5.41, 5.74) is 6.74. The Bertz CT molecular complexity index is 461. The van der Waals surface area contributed by atoms with Crippen molar-refractivity contribution in [2.75, 3.05) is 32.2 Å². The third kappa shape index (κ3) is 4.61. The molecule has 0 spiro atoms. The first-order valence-corrected chi connectivity index (χ1v) is 7.02. The van der Waals surface area contributed by atoms with Crippen LogP contribution in [0.3, 0.4) is 0 Å². The first-order chi connectivity index (χ1) is 9.49. The van der Waals surface area contributed by atoms with Crippen LogP contribution in [-0.4, -0.2) is 43.1 Å². The van der Waals surface area contributed by atoms with E-state index in [1.54, 1.807) is 19.4 Å². The minimum Gasteiger partial charge on any atom is -0.383 e. The normalized spacial score (nSPS) is 14.1. The fourth-order valence-corrected chi connectivity index (χ4v) is 1.81. The Kier molecular flexibility index (Phi) is 6.67. The van der Waals surface area contributed by atoms with Gasteiger partial charge in [0.15, 0.2) is 0 Å². The molecular weight excluding hydrogens is 256 g/mol. The zero-order chi connectivity index (χ0) is 15.1. The van der Waals surface area contributed by atoms with E-state index in [-0.39, 0.29) is 11.6 Å². The second kappa shape index (κ2) is 8.01. The van der Waals surface area contributed by atoms with Gasteiger partial charge < -0.3 is 15.4 Å². The molecule has 2 N–H and O–H groups in total. The van der Waals surface area contributed by atoms with Gasteiger partial charge in [0.05, 0.1) is 25.0 Å². The Balaban J connectivity index is 2.75. The van der Waals surface area contributed by atoms with Crippen LogP contribution >= 0.6 is 0 Å². The molecule has 1 heterocycles. The molecule has 6 heteroatoms. The number of ether oxygens (including phenoxy) is 1. The Labute approximate surface area is 120 Å². The third-order valence-electron chi connectivity index (χ3n) is 3.69. The van der Waals surface area contributed by atoms with Gasteiger partial charge in [-0.3, -0.25) is 4.79 Å². The van der Waals surface area contributed by atoms with Crippen LogP contribution in [0.5, 0.6) is 0 Å². The van der Waals surface area contributed by atoms with Gasteiger partial charge in [-0.1, -0.05) is 20.3 Å². The van der Waals surface area contributed by atoms with E-state index in [0.29, 0.717) is 25.6 Å². The molecule has 0 amide bonds. The maximum atomic E-state index is 12.1. The molecular formula is C14H26N4O2. The molecule has 0 fully saturated rings. The van der Waals surface area contributed by atoms with Gasteiger partial charge in [-0.15, -0.1) is 0 Å². The number of hydrogen-bond acceptors (Lipinski definition) is 5. The number of nitrogens with zero attached hydrogens (tertiary/aromatic N) is 3. The van der Waals surface area contributed by atoms with Crippen molar-refractivity contribution in [1.82, 2.24) is 9.78 Å². The van der Waals surface area contributed by atoms with Crippen molar-refractivity contribution >= 4 is 5.69 Å². The van der Waals surface area contributed by atoms with Gasteiger partial charge in [-0.05, 0) is 5.92 Å². The van der Waals surface area contributed by atoms with E-state index >= 15 is 0 Å². The molecule has 2 unspecified atom stereocenters. The number of hydrogen-bond donors (Lipinski definition) is 1. The minimum atomic E-state index is -0.120. The van der Waals surface area contributed by atoms with E-state index in [0.717, 1.165) is 12.1 Å². The molecule has 20 heavy (non-hydrogen) atoms. The van der Waals surface area contributed by atoms with Crippen LogP contribution in [0, 0.1) is 5.92 Å². The molecule has 2 atom stereocenters. The number of likely N-dealkylation sites (N-methyl/N-ethyl adjacent to an activating group) is 1. The number of nitrogens with two attached hydrogens (primary N) is 1. The van der Waals surface area contributed by atoms with Crippen molar-refractivity contribution in [1.29, 1.82) is 0 Å². The smallest absolute Gasteiger partial charge is 0.268 e. The lowest BCUT2D eigenvalue weighted by Gasteiger charge is -2.20. The lowest BCUT2D eigenvalue weighted by Crippen LogP contribution is -2.37. The van der Waals surface area contributed by atoms with Crippen LogP contribution in [0.2, 0.25) is 0 Å². The zero-order valence-electron chi connectivity index (χ0n) is 12.9. The molecule has 0 aliphatic heterocycles. The number of anilines is 1. The molecule has 1 rings (SSSR count). The van der Waals surface area contributed by atoms with Gasteiger partial charge in [0.1, 0.15) is 0 Å². The zero-order valence-corrected chi connectivity index (χ0v) is 12.9. The second-order valence-electron chi connectivity index (χ2n) is 5.20. The van der Waals surface area contributed by atoms with Gasteiger partial charge in [0.2, 0.25) is 0 Å². The van der Waals surface area contributed by atoms with E-state index in [9.17, 15) is 4.79 Å². The van der Waals surface area contributed by atoms with Gasteiger partial charge in [0.25, 0.3) is 5.56 Å². The Morgan fingerprint density at radius 3 is 2.80 bits per heavy atom. The quantitative estimate of drug-likeness (QED) is 0.760. The van der Waals surface area contributed by atoms with E-state index in [1.807, 2.05) is 11.9 Å². The predicted octanol–water partition coefficient (Wildman–Crippen LogP) is 0.699. The largest absolute Gasteiger partial charge is 0.383 e. The summed E-state index contributed by atoms with van der Waals surface area (Å²) in [5, 5.41) is 4.21. The lowest BCUT2D eigenvalue weighted by molar-refractivity contribution is 0.206. The summed E-state index contributed by atoms with van der Waals surface area (Å²) >= 11 is 0. The fraction of sp³-hybridized carbons (Fsp3) is 0.714. The van der Waals surface area contributed by atoms with E-state index in [1.165, 1.54) is 4.68 Å². The van der Waals surface area contributed by atoms with Crippen LogP contribution in [0.25, 0.3) is 0 Å². The molecule has 114 valence electrons. The van der Waals surface area contributed by atoms with Crippen LogP contribution in [0.4, 0.5) is 5.69 Å². The molecule has 1 aromatic rings. The molecule has 0 radical (unpaired) electrons. The minimum absolute atomic E-state index is 0.0535. The maximum Gasteiger partial charge on any atom is 0.268 e. The summed E-state index contributed by atoms with van der Waals surface area (Å²) in [6, 6.07) is 1.54. The van der Waals surface area contributed by atoms with Crippen molar-refractivity contribution in [3.05, 3.63) is 22.6 Å². The Morgan fingerprint density at radius 2 is 2.25 bits per heavy atom. The molecule has 0 aliphatic carbocycles. The molecule has 0 saturated heterocycles. The lowest BCUT2D eigenvalue weighted by atomic mass is 10.0. The average Bonchev–Trinajstić information content (AvgIpc) is 2.45. The Morgan fingerprint density at radius 1 is 1.55 bits per heavy atom. The molecule has 0 aliphatic rings. The fourth-order valence-electron chi connectivity index (χ4n) is 1.81. The highest BCUT2D eigenvalue weighted by molar-refractivity contribution is 5.41. The van der Waals surface area contributed by atoms with Gasteiger partial charge in [-0.2, -0.15) is 5.10 Å². The summed E-state index contributed by atoms with van der Waals surface area (Å²) in [7, 11) is 3.56. The summed E-state index contributed by atoms with van der Waals surface area (Å²) in [5.74, 6) is 0.368. The van der Waals surface area contributed by atoms with Gasteiger partial charge in [0, 0.05) is 32.8 Å². The topological polar surface area (TPSA) is 73.4 Å². The van der Waals surface area contributed by atoms with E-state index < -0.39 is 0 Å². The second-order valence-corrected chi connectivity index (χ2v) is 5.20. The van der Waals surface area contributed by atoms with Crippen molar-refractivity contribution in [3.8, 4) is 0 Å². The number of rotatable bonds is 8. The van der Waals surface area contributed by atoms with Crippen LogP contribution in [0.1, 0.15) is 20.3 Å². The van der Waals surface area contributed by atoms with Gasteiger partial charge >= 0.3 is 0 Å². The van der Waals surface area contributed by atoms with Crippen molar-refractivity contribution in [2.45, 2.75) is 32.9 Å².